The molecule has 0 atom stereocenters. The average molecular weight is 429 g/mol. The Morgan fingerprint density at radius 2 is 1.63 bits per heavy atom. The fraction of sp³-hybridized carbons (Fsp3) is 0.231. The van der Waals surface area contributed by atoms with E-state index in [0.29, 0.717) is 12.0 Å². The Morgan fingerprint density at radius 1 is 1.00 bits per heavy atom. The summed E-state index contributed by atoms with van der Waals surface area (Å²) in [5.74, 6) is 0.702. The normalized spacial score (nSPS) is 13.0. The maximum atomic E-state index is 4.31. The van der Waals surface area contributed by atoms with Crippen LogP contribution in [0.2, 0.25) is 0 Å². The zero-order chi connectivity index (χ0) is 12.5. The molecule has 19 heavy (non-hydrogen) atoms. The largest absolute Gasteiger partial charge is 0.399 e. The zero-order valence-electron chi connectivity index (χ0n) is 10.8. The van der Waals surface area contributed by atoms with Crippen molar-refractivity contribution in [2.75, 3.05) is 9.62 Å². The zero-order valence-corrected chi connectivity index (χ0v) is 13.2. The second kappa shape index (κ2) is 5.72. The summed E-state index contributed by atoms with van der Waals surface area (Å²) < 4.78 is 0. The van der Waals surface area contributed by atoms with Gasteiger partial charge in [-0.05, 0) is 32.0 Å². The molecule has 6 heteroatoms. The van der Waals surface area contributed by atoms with E-state index in [-0.39, 0.29) is 20.1 Å². The molecule has 0 unspecified atom stereocenters. The van der Waals surface area contributed by atoms with Crippen molar-refractivity contribution >= 4 is 24.9 Å². The number of nitrogens with zero attached hydrogens (tertiary/aromatic N) is 4. The third-order valence-corrected chi connectivity index (χ3v) is 2.98. The van der Waals surface area contributed by atoms with Crippen molar-refractivity contribution in [1.82, 2.24) is 9.97 Å². The van der Waals surface area contributed by atoms with Crippen molar-refractivity contribution in [2.24, 2.45) is 0 Å². The first-order valence-electron chi connectivity index (χ1n) is 6.06. The van der Waals surface area contributed by atoms with Gasteiger partial charge in [-0.3, -0.25) is 0 Å². The Hall–Kier alpha value is -1.39. The Balaban J connectivity index is 0.00000133. The van der Waals surface area contributed by atoms with E-state index in [9.17, 15) is 0 Å². The predicted molar refractivity (Wildman–Crippen MR) is 74.0 cm³/mol. The average Bonchev–Trinajstić information content (AvgIpc) is 2.79. The van der Waals surface area contributed by atoms with Crippen molar-refractivity contribution < 1.29 is 20.1 Å². The van der Waals surface area contributed by atoms with Gasteiger partial charge in [-0.1, -0.05) is 12.1 Å². The Morgan fingerprint density at radius 3 is 2.26 bits per heavy atom. The number of para-hydroxylation sites is 2. The molecule has 2 radical (unpaired) electrons. The van der Waals surface area contributed by atoms with Gasteiger partial charge in [0.1, 0.15) is 0 Å². The predicted octanol–water partition coefficient (Wildman–Crippen LogP) is 2.37. The van der Waals surface area contributed by atoms with Gasteiger partial charge in [-0.25, -0.2) is 9.97 Å². The number of fused-ring (bicyclic) bond motifs is 1. The van der Waals surface area contributed by atoms with Gasteiger partial charge in [-0.2, -0.15) is 0 Å². The van der Waals surface area contributed by atoms with Gasteiger partial charge >= 0.3 is 7.55 Å². The maximum absolute atomic E-state index is 4.31. The number of hydrogen-bond acceptors (Lipinski definition) is 4. The molecule has 98 valence electrons. The topological polar surface area (TPSA) is 32.3 Å². The van der Waals surface area contributed by atoms with E-state index in [2.05, 4.69) is 54.4 Å². The monoisotopic (exact) mass is 430 g/mol. The Bertz CT molecular complexity index is 549. The summed E-state index contributed by atoms with van der Waals surface area (Å²) in [5, 5.41) is 0. The second-order valence-electron chi connectivity index (χ2n) is 4.52. The third kappa shape index (κ3) is 2.51. The Labute approximate surface area is 127 Å². The second-order valence-corrected chi connectivity index (χ2v) is 4.52. The molecule has 2 aromatic rings. The molecule has 0 saturated carbocycles. The minimum absolute atomic E-state index is 0. The molecule has 1 aromatic carbocycles. The van der Waals surface area contributed by atoms with Gasteiger partial charge < -0.3 is 9.62 Å². The van der Waals surface area contributed by atoms with Crippen LogP contribution < -0.4 is 9.62 Å². The van der Waals surface area contributed by atoms with Crippen LogP contribution in [0.25, 0.3) is 0 Å². The molecule has 0 N–H and O–H groups in total. The fourth-order valence-corrected chi connectivity index (χ4v) is 2.12. The molecule has 0 saturated heterocycles. The molecule has 1 aliphatic rings. The summed E-state index contributed by atoms with van der Waals surface area (Å²) in [7, 11) is 2.06. The summed E-state index contributed by atoms with van der Waals surface area (Å²) >= 11 is 0. The van der Waals surface area contributed by atoms with Crippen LogP contribution in [-0.4, -0.2) is 23.6 Å². The molecular weight excluding hydrogens is 415 g/mol. The first kappa shape index (κ1) is 14.0. The van der Waals surface area contributed by atoms with Crippen LogP contribution in [-0.2, 0) is 20.1 Å². The summed E-state index contributed by atoms with van der Waals surface area (Å²) in [6.07, 6.45) is 3.52. The summed E-state index contributed by atoms with van der Waals surface area (Å²) in [5.41, 5.74) is 2.32. The van der Waals surface area contributed by atoms with Crippen molar-refractivity contribution in [2.45, 2.75) is 19.9 Å². The van der Waals surface area contributed by atoms with Gasteiger partial charge in [0.25, 0.3) is 0 Å². The van der Waals surface area contributed by atoms with Crippen LogP contribution in [0, 0.1) is 0 Å². The van der Waals surface area contributed by atoms with Gasteiger partial charge in [0.15, 0.2) is 0 Å². The molecule has 0 fully saturated rings. The third-order valence-electron chi connectivity index (χ3n) is 2.98. The molecule has 4 nitrogen and oxygen atoms in total. The van der Waals surface area contributed by atoms with Crippen LogP contribution in [0.3, 0.4) is 0 Å². The fourth-order valence-electron chi connectivity index (χ4n) is 2.12. The molecule has 0 spiro atoms. The number of aromatic nitrogens is 2. The standard InChI is InChI=1S/C13H14BN4.Ir/c1-10(2)17-11-6-3-4-7-12(11)18(14-17)13-15-8-5-9-16-13;/h3-10H,1-2H3;. The van der Waals surface area contributed by atoms with E-state index in [4.69, 9.17) is 0 Å². The molecule has 3 rings (SSSR count). The van der Waals surface area contributed by atoms with Crippen molar-refractivity contribution in [1.29, 1.82) is 0 Å². The van der Waals surface area contributed by atoms with E-state index in [0.717, 1.165) is 5.69 Å². The van der Waals surface area contributed by atoms with E-state index >= 15 is 0 Å². The van der Waals surface area contributed by atoms with Crippen LogP contribution in [0.4, 0.5) is 17.3 Å². The van der Waals surface area contributed by atoms with Crippen molar-refractivity contribution in [3.05, 3.63) is 42.7 Å². The van der Waals surface area contributed by atoms with Crippen molar-refractivity contribution in [3.8, 4) is 0 Å². The number of hydrogen-bond donors (Lipinski definition) is 0. The van der Waals surface area contributed by atoms with E-state index < -0.39 is 0 Å². The molecule has 0 bridgehead atoms. The molecular formula is C13H14BIrN4. The van der Waals surface area contributed by atoms with Crippen LogP contribution in [0.1, 0.15) is 13.8 Å². The minimum atomic E-state index is 0. The van der Waals surface area contributed by atoms with Gasteiger partial charge in [0.05, 0.1) is 5.69 Å². The molecule has 0 aliphatic carbocycles. The van der Waals surface area contributed by atoms with Crippen LogP contribution in [0.15, 0.2) is 42.7 Å². The first-order valence-corrected chi connectivity index (χ1v) is 6.06. The number of anilines is 3. The van der Waals surface area contributed by atoms with Gasteiger partial charge in [0.2, 0.25) is 5.95 Å². The van der Waals surface area contributed by atoms with Crippen LogP contribution >= 0.6 is 0 Å². The molecule has 0 amide bonds. The first-order chi connectivity index (χ1) is 8.77. The Kier molecular flexibility index (Phi) is 4.22. The molecule has 1 aromatic heterocycles. The molecule has 2 heterocycles. The van der Waals surface area contributed by atoms with E-state index in [1.165, 1.54) is 5.69 Å². The van der Waals surface area contributed by atoms with E-state index in [1.807, 2.05) is 16.9 Å². The smallest absolute Gasteiger partial charge is 0.395 e. The summed E-state index contributed by atoms with van der Waals surface area (Å²) in [6.45, 7) is 4.34. The van der Waals surface area contributed by atoms with Crippen molar-refractivity contribution in [3.63, 3.8) is 0 Å². The van der Waals surface area contributed by atoms with E-state index in [1.54, 1.807) is 12.4 Å². The van der Waals surface area contributed by atoms with Gasteiger partial charge in [0, 0.05) is 44.2 Å². The summed E-state index contributed by atoms with van der Waals surface area (Å²) in [4.78, 5) is 12.9. The quantitative estimate of drug-likeness (QED) is 0.687. The van der Waals surface area contributed by atoms with Crippen LogP contribution in [0.5, 0.6) is 0 Å². The number of benzene rings is 1. The summed E-state index contributed by atoms with van der Waals surface area (Å²) in [6, 6.07) is 10.5. The minimum Gasteiger partial charge on any atom is -0.395 e. The number of rotatable bonds is 2. The van der Waals surface area contributed by atoms with Gasteiger partial charge in [-0.15, -0.1) is 0 Å². The molecule has 1 aliphatic heterocycles. The maximum Gasteiger partial charge on any atom is 0.399 e. The SMILES string of the molecule is CC(C)N1[B]N(c2ncccn2)c2ccccc21.[Ir].